The van der Waals surface area contributed by atoms with Crippen LogP contribution >= 0.6 is 11.6 Å². The molecule has 0 aliphatic carbocycles. The second-order valence-electron chi connectivity index (χ2n) is 4.29. The molecular formula is C17H21ClO. The molecule has 0 saturated carbocycles. The van der Waals surface area contributed by atoms with Crippen molar-refractivity contribution in [2.24, 2.45) is 0 Å². The van der Waals surface area contributed by atoms with Gasteiger partial charge in [-0.3, -0.25) is 0 Å². The van der Waals surface area contributed by atoms with Gasteiger partial charge in [-0.1, -0.05) is 43.1 Å². The van der Waals surface area contributed by atoms with Crippen molar-refractivity contribution in [2.45, 2.75) is 34.6 Å². The van der Waals surface area contributed by atoms with Crippen molar-refractivity contribution < 1.29 is 4.74 Å². The Morgan fingerprint density at radius 3 is 1.74 bits per heavy atom. The maximum atomic E-state index is 6.12. The van der Waals surface area contributed by atoms with Gasteiger partial charge in [-0.05, 0) is 56.2 Å². The zero-order chi connectivity index (χ0) is 14.4. The van der Waals surface area contributed by atoms with Gasteiger partial charge in [0.25, 0.3) is 0 Å². The molecule has 0 bridgehead atoms. The lowest BCUT2D eigenvalue weighted by molar-refractivity contribution is 0.482. The number of hydrogen-bond acceptors (Lipinski definition) is 1. The summed E-state index contributed by atoms with van der Waals surface area (Å²) in [6.07, 6.45) is 0. The van der Waals surface area contributed by atoms with E-state index in [0.29, 0.717) is 0 Å². The van der Waals surface area contributed by atoms with Gasteiger partial charge in [-0.15, -0.1) is 0 Å². The van der Waals surface area contributed by atoms with Crippen molar-refractivity contribution >= 4 is 11.6 Å². The number of rotatable bonds is 2. The van der Waals surface area contributed by atoms with Gasteiger partial charge >= 0.3 is 0 Å². The molecule has 2 aromatic carbocycles. The third-order valence-electron chi connectivity index (χ3n) is 2.67. The number of ether oxygens (including phenoxy) is 1. The second kappa shape index (κ2) is 7.20. The van der Waals surface area contributed by atoms with Gasteiger partial charge in [-0.25, -0.2) is 0 Å². The average Bonchev–Trinajstić information content (AvgIpc) is 2.41. The van der Waals surface area contributed by atoms with Crippen LogP contribution in [0.4, 0.5) is 0 Å². The third kappa shape index (κ3) is 4.29. The molecule has 0 unspecified atom stereocenters. The number of hydrogen-bond donors (Lipinski definition) is 0. The first-order valence-electron chi connectivity index (χ1n) is 6.57. The topological polar surface area (TPSA) is 9.23 Å². The maximum Gasteiger partial charge on any atom is 0.128 e. The van der Waals surface area contributed by atoms with Crippen LogP contribution in [0.2, 0.25) is 5.02 Å². The van der Waals surface area contributed by atoms with Crippen LogP contribution in [0.25, 0.3) is 0 Å². The third-order valence-corrected chi connectivity index (χ3v) is 3.26. The summed E-state index contributed by atoms with van der Waals surface area (Å²) < 4.78 is 5.79. The minimum absolute atomic E-state index is 0.807. The Morgan fingerprint density at radius 1 is 0.789 bits per heavy atom. The van der Waals surface area contributed by atoms with Crippen molar-refractivity contribution in [2.75, 3.05) is 0 Å². The van der Waals surface area contributed by atoms with Crippen molar-refractivity contribution in [1.29, 1.82) is 0 Å². The molecule has 0 amide bonds. The summed E-state index contributed by atoms with van der Waals surface area (Å²) >= 11 is 6.12. The monoisotopic (exact) mass is 276 g/mol. The van der Waals surface area contributed by atoms with Gasteiger partial charge in [0, 0.05) is 5.02 Å². The molecule has 0 N–H and O–H groups in total. The molecule has 0 aromatic heterocycles. The lowest BCUT2D eigenvalue weighted by Crippen LogP contribution is -1.88. The molecule has 1 nitrogen and oxygen atoms in total. The molecule has 2 aromatic rings. The van der Waals surface area contributed by atoms with E-state index in [0.717, 1.165) is 27.6 Å². The number of benzene rings is 2. The molecule has 0 fully saturated rings. The SMILES string of the molecule is CC.Cc1ccc(Oc2cc(C)c(Cl)c(C)c2)cc1. The van der Waals surface area contributed by atoms with E-state index in [-0.39, 0.29) is 0 Å². The predicted molar refractivity (Wildman–Crippen MR) is 83.5 cm³/mol. The fourth-order valence-electron chi connectivity index (χ4n) is 1.71. The fraction of sp³-hybridized carbons (Fsp3) is 0.294. The minimum Gasteiger partial charge on any atom is -0.457 e. The van der Waals surface area contributed by atoms with Crippen LogP contribution in [0.15, 0.2) is 36.4 Å². The summed E-state index contributed by atoms with van der Waals surface area (Å²) in [5, 5.41) is 0.807. The van der Waals surface area contributed by atoms with E-state index in [1.807, 2.05) is 64.1 Å². The molecule has 0 spiro atoms. The van der Waals surface area contributed by atoms with Crippen molar-refractivity contribution in [1.82, 2.24) is 0 Å². The van der Waals surface area contributed by atoms with E-state index < -0.39 is 0 Å². The van der Waals surface area contributed by atoms with Crippen LogP contribution in [0.3, 0.4) is 0 Å². The largest absolute Gasteiger partial charge is 0.457 e. The summed E-state index contributed by atoms with van der Waals surface area (Å²) in [5.41, 5.74) is 3.29. The van der Waals surface area contributed by atoms with Crippen molar-refractivity contribution in [3.05, 3.63) is 58.1 Å². The highest BCUT2D eigenvalue weighted by Crippen LogP contribution is 2.29. The Morgan fingerprint density at radius 2 is 1.26 bits per heavy atom. The van der Waals surface area contributed by atoms with Crippen LogP contribution < -0.4 is 4.74 Å². The minimum atomic E-state index is 0.807. The summed E-state index contributed by atoms with van der Waals surface area (Å²) in [7, 11) is 0. The van der Waals surface area contributed by atoms with Crippen LogP contribution in [-0.4, -0.2) is 0 Å². The van der Waals surface area contributed by atoms with Gasteiger partial charge in [0.2, 0.25) is 0 Å². The molecule has 0 radical (unpaired) electrons. The highest BCUT2D eigenvalue weighted by atomic mass is 35.5. The first kappa shape index (κ1) is 15.6. The van der Waals surface area contributed by atoms with Crippen LogP contribution in [0.1, 0.15) is 30.5 Å². The molecule has 19 heavy (non-hydrogen) atoms. The van der Waals surface area contributed by atoms with Gasteiger partial charge < -0.3 is 4.74 Å². The second-order valence-corrected chi connectivity index (χ2v) is 4.66. The Balaban J connectivity index is 0.000000861. The fourth-order valence-corrected chi connectivity index (χ4v) is 1.82. The molecule has 2 heteroatoms. The zero-order valence-electron chi connectivity index (χ0n) is 12.3. The first-order valence-corrected chi connectivity index (χ1v) is 6.95. The van der Waals surface area contributed by atoms with Gasteiger partial charge in [0.1, 0.15) is 11.5 Å². The summed E-state index contributed by atoms with van der Waals surface area (Å²) in [4.78, 5) is 0. The van der Waals surface area contributed by atoms with Crippen molar-refractivity contribution in [3.8, 4) is 11.5 Å². The first-order chi connectivity index (χ1) is 9.06. The van der Waals surface area contributed by atoms with Gasteiger partial charge in [-0.2, -0.15) is 0 Å². The Hall–Kier alpha value is -1.47. The average molecular weight is 277 g/mol. The Labute approximate surface area is 121 Å². The summed E-state index contributed by atoms with van der Waals surface area (Å²) in [5.74, 6) is 1.67. The van der Waals surface area contributed by atoms with Crippen LogP contribution in [-0.2, 0) is 0 Å². The van der Waals surface area contributed by atoms with E-state index >= 15 is 0 Å². The van der Waals surface area contributed by atoms with Crippen molar-refractivity contribution in [3.63, 3.8) is 0 Å². The Kier molecular flexibility index (Phi) is 5.91. The Bertz CT molecular complexity index is 506. The van der Waals surface area contributed by atoms with E-state index in [2.05, 4.69) is 6.92 Å². The van der Waals surface area contributed by atoms with E-state index in [4.69, 9.17) is 16.3 Å². The highest BCUT2D eigenvalue weighted by Gasteiger charge is 2.04. The maximum absolute atomic E-state index is 6.12. The van der Waals surface area contributed by atoms with Gasteiger partial charge in [0.05, 0.1) is 0 Å². The van der Waals surface area contributed by atoms with E-state index in [1.165, 1.54) is 5.56 Å². The molecule has 0 heterocycles. The summed E-state index contributed by atoms with van der Waals surface area (Å²) in [6.45, 7) is 10.0. The molecule has 2 rings (SSSR count). The summed E-state index contributed by atoms with van der Waals surface area (Å²) in [6, 6.07) is 11.9. The van der Waals surface area contributed by atoms with E-state index in [9.17, 15) is 0 Å². The molecule has 0 aliphatic heterocycles. The van der Waals surface area contributed by atoms with Crippen LogP contribution in [0.5, 0.6) is 11.5 Å². The lowest BCUT2D eigenvalue weighted by Gasteiger charge is -2.09. The van der Waals surface area contributed by atoms with Gasteiger partial charge in [0.15, 0.2) is 0 Å². The normalized spacial score (nSPS) is 9.58. The molecule has 0 saturated heterocycles. The van der Waals surface area contributed by atoms with Crippen LogP contribution in [0, 0.1) is 20.8 Å². The molecule has 102 valence electrons. The lowest BCUT2D eigenvalue weighted by atomic mass is 10.1. The predicted octanol–water partition coefficient (Wildman–Crippen LogP) is 6.08. The smallest absolute Gasteiger partial charge is 0.128 e. The number of halogens is 1. The molecule has 0 atom stereocenters. The quantitative estimate of drug-likeness (QED) is 0.645. The zero-order valence-corrected chi connectivity index (χ0v) is 13.0. The number of aryl methyl sites for hydroxylation is 3. The van der Waals surface area contributed by atoms with E-state index in [1.54, 1.807) is 0 Å². The molecule has 0 aliphatic rings. The molecular weight excluding hydrogens is 256 g/mol. The highest BCUT2D eigenvalue weighted by molar-refractivity contribution is 6.32. The standard InChI is InChI=1S/C15H15ClO.C2H6/c1-10-4-6-13(7-5-10)17-14-8-11(2)15(16)12(3)9-14;1-2/h4-9H,1-3H3;1-2H3.